The van der Waals surface area contributed by atoms with Gasteiger partial charge >= 0.3 is 0 Å². The van der Waals surface area contributed by atoms with Crippen LogP contribution in [0.4, 0.5) is 0 Å². The molecule has 0 aromatic heterocycles. The van der Waals surface area contributed by atoms with Crippen molar-refractivity contribution in [3.63, 3.8) is 0 Å². The molecule has 0 aromatic rings. The summed E-state index contributed by atoms with van der Waals surface area (Å²) in [5.41, 5.74) is 0.201. The van der Waals surface area contributed by atoms with Gasteiger partial charge in [0.25, 0.3) is 0 Å². The Morgan fingerprint density at radius 3 is 2.14 bits per heavy atom. The predicted molar refractivity (Wildman–Crippen MR) is 93.9 cm³/mol. The maximum absolute atomic E-state index is 6.54. The van der Waals surface area contributed by atoms with Crippen LogP contribution in [0.15, 0.2) is 0 Å². The monoisotopic (exact) mass is 310 g/mol. The fourth-order valence-corrected chi connectivity index (χ4v) is 4.50. The van der Waals surface area contributed by atoms with Crippen molar-refractivity contribution in [3.05, 3.63) is 0 Å². The summed E-state index contributed by atoms with van der Waals surface area (Å²) >= 11 is 0. The van der Waals surface area contributed by atoms with E-state index >= 15 is 0 Å². The highest BCUT2D eigenvalue weighted by atomic mass is 16.7. The second kappa shape index (κ2) is 7.63. The van der Waals surface area contributed by atoms with E-state index in [4.69, 9.17) is 4.84 Å². The molecule has 2 aliphatic rings. The number of rotatable bonds is 6. The van der Waals surface area contributed by atoms with Crippen molar-refractivity contribution in [1.82, 2.24) is 10.4 Å². The summed E-state index contributed by atoms with van der Waals surface area (Å²) in [5.74, 6) is 0. The molecule has 2 rings (SSSR count). The first-order chi connectivity index (χ1) is 10.3. The van der Waals surface area contributed by atoms with E-state index in [-0.39, 0.29) is 11.1 Å². The van der Waals surface area contributed by atoms with Crippen LogP contribution in [0.5, 0.6) is 0 Å². The fraction of sp³-hybridized carbons (Fsp3) is 1.00. The van der Waals surface area contributed by atoms with E-state index in [0.717, 1.165) is 6.54 Å². The average molecular weight is 311 g/mol. The zero-order valence-electron chi connectivity index (χ0n) is 15.6. The van der Waals surface area contributed by atoms with Gasteiger partial charge in [-0.15, -0.1) is 0 Å². The third-order valence-electron chi connectivity index (χ3n) is 5.36. The lowest BCUT2D eigenvalue weighted by Crippen LogP contribution is -2.64. The molecule has 130 valence electrons. The highest BCUT2D eigenvalue weighted by Gasteiger charge is 2.47. The van der Waals surface area contributed by atoms with Gasteiger partial charge in [-0.3, -0.25) is 4.84 Å². The maximum Gasteiger partial charge on any atom is 0.0793 e. The van der Waals surface area contributed by atoms with E-state index in [2.05, 4.69) is 45.0 Å². The number of nitrogens with zero attached hydrogens (tertiary/aromatic N) is 1. The van der Waals surface area contributed by atoms with Crippen molar-refractivity contribution < 1.29 is 4.84 Å². The van der Waals surface area contributed by atoms with Crippen LogP contribution in [0.3, 0.4) is 0 Å². The van der Waals surface area contributed by atoms with Crippen molar-refractivity contribution in [1.29, 1.82) is 0 Å². The van der Waals surface area contributed by atoms with Crippen LogP contribution in [0.25, 0.3) is 0 Å². The lowest BCUT2D eigenvalue weighted by atomic mass is 9.79. The van der Waals surface area contributed by atoms with Gasteiger partial charge in [0.05, 0.1) is 6.10 Å². The number of hydrogen-bond acceptors (Lipinski definition) is 3. The van der Waals surface area contributed by atoms with Crippen molar-refractivity contribution in [2.24, 2.45) is 0 Å². The van der Waals surface area contributed by atoms with Crippen LogP contribution < -0.4 is 5.32 Å². The lowest BCUT2D eigenvalue weighted by molar-refractivity contribution is -0.310. The van der Waals surface area contributed by atoms with Gasteiger partial charge in [0.15, 0.2) is 0 Å². The Morgan fingerprint density at radius 2 is 1.59 bits per heavy atom. The molecular formula is C19H38N2O. The van der Waals surface area contributed by atoms with E-state index in [1.165, 1.54) is 57.8 Å². The van der Waals surface area contributed by atoms with Crippen molar-refractivity contribution in [2.45, 2.75) is 116 Å². The fourth-order valence-electron chi connectivity index (χ4n) is 4.50. The predicted octanol–water partition coefficient (Wildman–Crippen LogP) is 4.66. The molecule has 0 unspecified atom stereocenters. The summed E-state index contributed by atoms with van der Waals surface area (Å²) in [7, 11) is 0. The smallest absolute Gasteiger partial charge is 0.0793 e. The van der Waals surface area contributed by atoms with E-state index in [1.807, 2.05) is 0 Å². The molecule has 1 saturated heterocycles. The van der Waals surface area contributed by atoms with E-state index in [0.29, 0.717) is 12.1 Å². The highest BCUT2D eigenvalue weighted by molar-refractivity contribution is 4.99. The van der Waals surface area contributed by atoms with Crippen molar-refractivity contribution in [3.8, 4) is 0 Å². The molecule has 0 aromatic carbocycles. The minimum absolute atomic E-state index is 0.100. The minimum Gasteiger partial charge on any atom is -0.314 e. The largest absolute Gasteiger partial charge is 0.314 e. The van der Waals surface area contributed by atoms with Crippen molar-refractivity contribution >= 4 is 0 Å². The van der Waals surface area contributed by atoms with Crippen LogP contribution >= 0.6 is 0 Å². The summed E-state index contributed by atoms with van der Waals surface area (Å²) in [6.07, 6.45) is 11.9. The first kappa shape index (κ1) is 18.2. The highest BCUT2D eigenvalue weighted by Crippen LogP contribution is 2.40. The van der Waals surface area contributed by atoms with E-state index in [9.17, 15) is 0 Å². The molecule has 1 aliphatic carbocycles. The number of hydrogen-bond donors (Lipinski definition) is 1. The Kier molecular flexibility index (Phi) is 6.32. The molecule has 1 N–H and O–H groups in total. The second-order valence-electron chi connectivity index (χ2n) is 8.70. The van der Waals surface area contributed by atoms with E-state index in [1.54, 1.807) is 0 Å². The molecular weight excluding hydrogens is 272 g/mol. The maximum atomic E-state index is 6.54. The standard InChI is InChI=1S/C19H38N2O/c1-6-7-13-20-16-14-18(2,3)21(19(4,5)15-16)22-17-11-9-8-10-12-17/h16-17,20H,6-15H2,1-5H3. The molecule has 1 saturated carbocycles. The van der Waals surface area contributed by atoms with Crippen LogP contribution in [0, 0.1) is 0 Å². The lowest BCUT2D eigenvalue weighted by Gasteiger charge is -2.55. The number of piperidine rings is 1. The molecule has 0 amide bonds. The Morgan fingerprint density at radius 1 is 1.00 bits per heavy atom. The van der Waals surface area contributed by atoms with Crippen LogP contribution in [0.1, 0.15) is 92.4 Å². The minimum atomic E-state index is 0.100. The molecule has 1 heterocycles. The Labute approximate surface area is 138 Å². The molecule has 2 fully saturated rings. The first-order valence-corrected chi connectivity index (χ1v) is 9.55. The zero-order chi connectivity index (χ0) is 16.2. The van der Waals surface area contributed by atoms with Crippen LogP contribution in [0.2, 0.25) is 0 Å². The SMILES string of the molecule is CCCCNC1CC(C)(C)N(OC2CCCCC2)C(C)(C)C1. The average Bonchev–Trinajstić information content (AvgIpc) is 2.44. The van der Waals surface area contributed by atoms with Gasteiger partial charge in [0, 0.05) is 17.1 Å². The summed E-state index contributed by atoms with van der Waals surface area (Å²) in [6, 6.07) is 0.614. The molecule has 0 bridgehead atoms. The summed E-state index contributed by atoms with van der Waals surface area (Å²) in [6.45, 7) is 12.8. The van der Waals surface area contributed by atoms with E-state index < -0.39 is 0 Å². The van der Waals surface area contributed by atoms with Crippen LogP contribution in [-0.2, 0) is 4.84 Å². The van der Waals surface area contributed by atoms with Gasteiger partial charge in [0.1, 0.15) is 0 Å². The van der Waals surface area contributed by atoms with Gasteiger partial charge in [-0.05, 0) is 66.3 Å². The Balaban J connectivity index is 1.97. The van der Waals surface area contributed by atoms with Gasteiger partial charge in [-0.25, -0.2) is 0 Å². The number of hydroxylamine groups is 2. The number of nitrogens with one attached hydrogen (secondary N) is 1. The summed E-state index contributed by atoms with van der Waals surface area (Å²) < 4.78 is 0. The topological polar surface area (TPSA) is 24.5 Å². The summed E-state index contributed by atoms with van der Waals surface area (Å²) in [4.78, 5) is 6.54. The third-order valence-corrected chi connectivity index (χ3v) is 5.36. The zero-order valence-corrected chi connectivity index (χ0v) is 15.6. The van der Waals surface area contributed by atoms with Gasteiger partial charge < -0.3 is 5.32 Å². The Hall–Kier alpha value is -0.120. The molecule has 22 heavy (non-hydrogen) atoms. The molecule has 3 nitrogen and oxygen atoms in total. The number of unbranched alkanes of at least 4 members (excludes halogenated alkanes) is 1. The summed E-state index contributed by atoms with van der Waals surface area (Å²) in [5, 5.41) is 6.13. The molecule has 0 atom stereocenters. The third kappa shape index (κ3) is 4.69. The normalized spacial score (nSPS) is 27.1. The molecule has 1 aliphatic heterocycles. The molecule has 3 heteroatoms. The molecule has 0 radical (unpaired) electrons. The Bertz CT molecular complexity index is 316. The van der Waals surface area contributed by atoms with Crippen molar-refractivity contribution in [2.75, 3.05) is 6.54 Å². The second-order valence-corrected chi connectivity index (χ2v) is 8.70. The first-order valence-electron chi connectivity index (χ1n) is 9.55. The molecule has 0 spiro atoms. The van der Waals surface area contributed by atoms with Gasteiger partial charge in [0.2, 0.25) is 0 Å². The van der Waals surface area contributed by atoms with Gasteiger partial charge in [-0.2, -0.15) is 5.06 Å². The quantitative estimate of drug-likeness (QED) is 0.722. The van der Waals surface area contributed by atoms with Crippen LogP contribution in [-0.4, -0.2) is 34.8 Å². The van der Waals surface area contributed by atoms with Gasteiger partial charge in [-0.1, -0.05) is 32.6 Å².